The Morgan fingerprint density at radius 2 is 1.78 bits per heavy atom. The molecule has 1 rings (SSSR count). The summed E-state index contributed by atoms with van der Waals surface area (Å²) in [5.41, 5.74) is 0.935. The summed E-state index contributed by atoms with van der Waals surface area (Å²) in [6.07, 6.45) is 4.32. The highest BCUT2D eigenvalue weighted by atomic mass is 16.5. The smallest absolute Gasteiger partial charge is 0.230 e. The molecular formula is C19H29NO3. The zero-order valence-electron chi connectivity index (χ0n) is 14.8. The number of hydrogen-bond donors (Lipinski definition) is 0. The van der Waals surface area contributed by atoms with Crippen molar-refractivity contribution in [1.29, 1.82) is 0 Å². The molecule has 4 nitrogen and oxygen atoms in total. The Morgan fingerprint density at radius 1 is 1.17 bits per heavy atom. The lowest BCUT2D eigenvalue weighted by Gasteiger charge is -2.27. The standard InChI is InChI=1S/C19H29NO3/c1-6-9-16(19(21)20(12-7-2)13-8-3)15-10-11-17(22-4)18(14-15)23-5/h6,10-11,14,16H,1,7-9,12-13H2,2-5H3. The molecule has 0 aromatic heterocycles. The summed E-state index contributed by atoms with van der Waals surface area (Å²) in [5, 5.41) is 0. The zero-order chi connectivity index (χ0) is 17.2. The molecule has 0 fully saturated rings. The molecule has 0 saturated heterocycles. The highest BCUT2D eigenvalue weighted by Crippen LogP contribution is 2.32. The van der Waals surface area contributed by atoms with E-state index < -0.39 is 0 Å². The average Bonchev–Trinajstić information content (AvgIpc) is 2.58. The van der Waals surface area contributed by atoms with Gasteiger partial charge in [-0.05, 0) is 37.0 Å². The number of benzene rings is 1. The van der Waals surface area contributed by atoms with Crippen LogP contribution >= 0.6 is 0 Å². The first-order valence-electron chi connectivity index (χ1n) is 8.24. The number of amides is 1. The van der Waals surface area contributed by atoms with E-state index in [1.165, 1.54) is 0 Å². The van der Waals surface area contributed by atoms with Crippen LogP contribution in [-0.4, -0.2) is 38.1 Å². The predicted octanol–water partition coefficient (Wildman–Crippen LogP) is 4.01. The van der Waals surface area contributed by atoms with Crippen LogP contribution in [0.15, 0.2) is 30.9 Å². The first-order chi connectivity index (χ1) is 11.1. The second kappa shape index (κ2) is 9.93. The fourth-order valence-electron chi connectivity index (χ4n) is 2.71. The number of methoxy groups -OCH3 is 2. The molecule has 128 valence electrons. The third kappa shape index (κ3) is 5.02. The highest BCUT2D eigenvalue weighted by molar-refractivity contribution is 5.84. The summed E-state index contributed by atoms with van der Waals surface area (Å²) in [4.78, 5) is 14.9. The summed E-state index contributed by atoms with van der Waals surface area (Å²) >= 11 is 0. The van der Waals surface area contributed by atoms with Crippen LogP contribution < -0.4 is 9.47 Å². The van der Waals surface area contributed by atoms with Gasteiger partial charge in [-0.2, -0.15) is 0 Å². The Bertz CT molecular complexity index is 507. The fraction of sp³-hybridized carbons (Fsp3) is 0.526. The zero-order valence-corrected chi connectivity index (χ0v) is 14.8. The average molecular weight is 319 g/mol. The first kappa shape index (κ1) is 19.1. The topological polar surface area (TPSA) is 38.8 Å². The SMILES string of the molecule is C=CCC(C(=O)N(CCC)CCC)c1ccc(OC)c(OC)c1. The third-order valence-electron chi connectivity index (χ3n) is 3.81. The van der Waals surface area contributed by atoms with Gasteiger partial charge in [-0.25, -0.2) is 0 Å². The highest BCUT2D eigenvalue weighted by Gasteiger charge is 2.25. The van der Waals surface area contributed by atoms with Crippen molar-refractivity contribution in [1.82, 2.24) is 4.90 Å². The minimum Gasteiger partial charge on any atom is -0.493 e. The minimum absolute atomic E-state index is 0.154. The lowest BCUT2D eigenvalue weighted by molar-refractivity contribution is -0.132. The van der Waals surface area contributed by atoms with Gasteiger partial charge in [-0.15, -0.1) is 6.58 Å². The molecule has 1 aromatic rings. The molecule has 1 unspecified atom stereocenters. The number of hydrogen-bond acceptors (Lipinski definition) is 3. The molecule has 1 atom stereocenters. The van der Waals surface area contributed by atoms with E-state index in [0.29, 0.717) is 17.9 Å². The van der Waals surface area contributed by atoms with E-state index in [-0.39, 0.29) is 11.8 Å². The molecule has 0 saturated carbocycles. The van der Waals surface area contributed by atoms with Crippen molar-refractivity contribution in [2.45, 2.75) is 39.0 Å². The van der Waals surface area contributed by atoms with Gasteiger partial charge < -0.3 is 14.4 Å². The Labute approximate surface area is 140 Å². The van der Waals surface area contributed by atoms with Crippen molar-refractivity contribution in [2.75, 3.05) is 27.3 Å². The van der Waals surface area contributed by atoms with Gasteiger partial charge in [0.2, 0.25) is 5.91 Å². The second-order valence-electron chi connectivity index (χ2n) is 5.52. The monoisotopic (exact) mass is 319 g/mol. The van der Waals surface area contributed by atoms with Crippen LogP contribution in [-0.2, 0) is 4.79 Å². The maximum Gasteiger partial charge on any atom is 0.230 e. The molecule has 1 amide bonds. The maximum atomic E-state index is 13.0. The van der Waals surface area contributed by atoms with Crippen LogP contribution in [0.4, 0.5) is 0 Å². The Hall–Kier alpha value is -1.97. The first-order valence-corrected chi connectivity index (χ1v) is 8.24. The molecule has 0 heterocycles. The van der Waals surface area contributed by atoms with Crippen LogP contribution in [0.1, 0.15) is 44.6 Å². The van der Waals surface area contributed by atoms with Crippen molar-refractivity contribution < 1.29 is 14.3 Å². The van der Waals surface area contributed by atoms with E-state index in [9.17, 15) is 4.79 Å². The lowest BCUT2D eigenvalue weighted by atomic mass is 9.93. The van der Waals surface area contributed by atoms with Crippen molar-refractivity contribution in [3.8, 4) is 11.5 Å². The van der Waals surface area contributed by atoms with Gasteiger partial charge >= 0.3 is 0 Å². The predicted molar refractivity (Wildman–Crippen MR) is 94.3 cm³/mol. The Balaban J connectivity index is 3.13. The van der Waals surface area contributed by atoms with E-state index in [1.54, 1.807) is 20.3 Å². The van der Waals surface area contributed by atoms with Crippen LogP contribution in [0, 0.1) is 0 Å². The van der Waals surface area contributed by atoms with E-state index in [0.717, 1.165) is 31.5 Å². The number of allylic oxidation sites excluding steroid dienone is 1. The van der Waals surface area contributed by atoms with Crippen LogP contribution in [0.2, 0.25) is 0 Å². The summed E-state index contributed by atoms with van der Waals surface area (Å²) < 4.78 is 10.6. The van der Waals surface area contributed by atoms with Crippen LogP contribution in [0.5, 0.6) is 11.5 Å². The molecule has 23 heavy (non-hydrogen) atoms. The van der Waals surface area contributed by atoms with E-state index >= 15 is 0 Å². The number of ether oxygens (including phenoxy) is 2. The van der Waals surface area contributed by atoms with E-state index in [2.05, 4.69) is 20.4 Å². The quantitative estimate of drug-likeness (QED) is 0.612. The largest absolute Gasteiger partial charge is 0.493 e. The van der Waals surface area contributed by atoms with Crippen LogP contribution in [0.25, 0.3) is 0 Å². The maximum absolute atomic E-state index is 13.0. The van der Waals surface area contributed by atoms with Gasteiger partial charge in [0.05, 0.1) is 20.1 Å². The molecule has 0 N–H and O–H groups in total. The Morgan fingerprint density at radius 3 is 2.26 bits per heavy atom. The number of carbonyl (C=O) groups excluding carboxylic acids is 1. The normalized spacial score (nSPS) is 11.7. The lowest BCUT2D eigenvalue weighted by Crippen LogP contribution is -2.36. The molecule has 4 heteroatoms. The molecule has 0 aliphatic heterocycles. The second-order valence-corrected chi connectivity index (χ2v) is 5.52. The van der Waals surface area contributed by atoms with Gasteiger partial charge in [0, 0.05) is 13.1 Å². The number of carbonyl (C=O) groups is 1. The molecule has 0 aliphatic carbocycles. The molecule has 0 spiro atoms. The van der Waals surface area contributed by atoms with Gasteiger partial charge in [0.1, 0.15) is 0 Å². The van der Waals surface area contributed by atoms with Crippen molar-refractivity contribution in [3.63, 3.8) is 0 Å². The van der Waals surface area contributed by atoms with Gasteiger partial charge in [-0.1, -0.05) is 26.0 Å². The summed E-state index contributed by atoms with van der Waals surface area (Å²) in [6.45, 7) is 9.56. The van der Waals surface area contributed by atoms with E-state index in [1.807, 2.05) is 23.1 Å². The van der Waals surface area contributed by atoms with Crippen molar-refractivity contribution in [3.05, 3.63) is 36.4 Å². The Kier molecular flexibility index (Phi) is 8.23. The summed E-state index contributed by atoms with van der Waals surface area (Å²) in [6, 6.07) is 5.67. The van der Waals surface area contributed by atoms with Crippen molar-refractivity contribution >= 4 is 5.91 Å². The van der Waals surface area contributed by atoms with E-state index in [4.69, 9.17) is 9.47 Å². The molecule has 0 bridgehead atoms. The van der Waals surface area contributed by atoms with Gasteiger partial charge in [-0.3, -0.25) is 4.79 Å². The fourth-order valence-corrected chi connectivity index (χ4v) is 2.71. The number of nitrogens with zero attached hydrogens (tertiary/aromatic N) is 1. The van der Waals surface area contributed by atoms with Gasteiger partial charge in [0.15, 0.2) is 11.5 Å². The molecular weight excluding hydrogens is 290 g/mol. The van der Waals surface area contributed by atoms with Crippen molar-refractivity contribution in [2.24, 2.45) is 0 Å². The molecule has 0 aliphatic rings. The third-order valence-corrected chi connectivity index (χ3v) is 3.81. The molecule has 1 aromatic carbocycles. The summed E-state index contributed by atoms with van der Waals surface area (Å²) in [5.74, 6) is 1.23. The molecule has 0 radical (unpaired) electrons. The van der Waals surface area contributed by atoms with Crippen LogP contribution in [0.3, 0.4) is 0 Å². The number of rotatable bonds is 10. The van der Waals surface area contributed by atoms with Gasteiger partial charge in [0.25, 0.3) is 0 Å². The minimum atomic E-state index is -0.231. The summed E-state index contributed by atoms with van der Waals surface area (Å²) in [7, 11) is 3.21.